The standard InChI is InChI=1S/C13H14N2O/c1-10-8-12(6-5-11(10)9-14)16-13-4-2-3-7-15-13/h2-8H,9,14H2,1H3. The maximum atomic E-state index is 5.61. The number of pyridine rings is 1. The Balaban J connectivity index is 2.20. The molecule has 0 aliphatic rings. The molecule has 2 rings (SSSR count). The van der Waals surface area contributed by atoms with Gasteiger partial charge in [-0.15, -0.1) is 0 Å². The van der Waals surface area contributed by atoms with E-state index < -0.39 is 0 Å². The van der Waals surface area contributed by atoms with Gasteiger partial charge in [0.1, 0.15) is 5.75 Å². The van der Waals surface area contributed by atoms with Crippen LogP contribution in [-0.4, -0.2) is 4.98 Å². The molecule has 0 atom stereocenters. The van der Waals surface area contributed by atoms with Crippen LogP contribution in [0.2, 0.25) is 0 Å². The second-order valence-corrected chi connectivity index (χ2v) is 3.56. The van der Waals surface area contributed by atoms with Crippen molar-refractivity contribution in [3.63, 3.8) is 0 Å². The van der Waals surface area contributed by atoms with Gasteiger partial charge in [-0.1, -0.05) is 12.1 Å². The van der Waals surface area contributed by atoms with E-state index in [0.29, 0.717) is 12.4 Å². The molecule has 1 aromatic carbocycles. The van der Waals surface area contributed by atoms with Crippen molar-refractivity contribution in [3.05, 3.63) is 53.7 Å². The number of hydrogen-bond donors (Lipinski definition) is 1. The molecule has 82 valence electrons. The van der Waals surface area contributed by atoms with E-state index in [0.717, 1.165) is 16.9 Å². The van der Waals surface area contributed by atoms with Gasteiger partial charge in [-0.3, -0.25) is 0 Å². The summed E-state index contributed by atoms with van der Waals surface area (Å²) in [5.74, 6) is 1.38. The lowest BCUT2D eigenvalue weighted by atomic mass is 10.1. The quantitative estimate of drug-likeness (QED) is 0.854. The largest absolute Gasteiger partial charge is 0.439 e. The van der Waals surface area contributed by atoms with Gasteiger partial charge in [0.25, 0.3) is 0 Å². The van der Waals surface area contributed by atoms with Gasteiger partial charge in [-0.05, 0) is 36.2 Å². The monoisotopic (exact) mass is 214 g/mol. The van der Waals surface area contributed by atoms with Crippen molar-refractivity contribution < 1.29 is 4.74 Å². The van der Waals surface area contributed by atoms with Gasteiger partial charge in [0, 0.05) is 18.8 Å². The topological polar surface area (TPSA) is 48.1 Å². The van der Waals surface area contributed by atoms with Crippen molar-refractivity contribution in [3.8, 4) is 11.6 Å². The molecule has 0 saturated heterocycles. The minimum Gasteiger partial charge on any atom is -0.439 e. The fourth-order valence-corrected chi connectivity index (χ4v) is 1.49. The van der Waals surface area contributed by atoms with E-state index in [-0.39, 0.29) is 0 Å². The Morgan fingerprint density at radius 2 is 2.12 bits per heavy atom. The summed E-state index contributed by atoms with van der Waals surface area (Å²) in [6.07, 6.45) is 1.70. The van der Waals surface area contributed by atoms with Crippen LogP contribution in [-0.2, 0) is 6.54 Å². The number of nitrogens with zero attached hydrogens (tertiary/aromatic N) is 1. The molecule has 0 aliphatic carbocycles. The lowest BCUT2D eigenvalue weighted by molar-refractivity contribution is 0.462. The van der Waals surface area contributed by atoms with Gasteiger partial charge >= 0.3 is 0 Å². The maximum Gasteiger partial charge on any atom is 0.219 e. The number of nitrogens with two attached hydrogens (primary N) is 1. The average molecular weight is 214 g/mol. The van der Waals surface area contributed by atoms with E-state index >= 15 is 0 Å². The molecule has 0 radical (unpaired) electrons. The van der Waals surface area contributed by atoms with Crippen molar-refractivity contribution in [1.82, 2.24) is 4.98 Å². The van der Waals surface area contributed by atoms with Crippen LogP contribution in [0.3, 0.4) is 0 Å². The zero-order valence-corrected chi connectivity index (χ0v) is 9.18. The summed E-state index contributed by atoms with van der Waals surface area (Å²) in [5.41, 5.74) is 7.87. The average Bonchev–Trinajstić information content (AvgIpc) is 2.31. The minimum atomic E-state index is 0.551. The molecule has 0 spiro atoms. The highest BCUT2D eigenvalue weighted by Crippen LogP contribution is 2.21. The summed E-state index contributed by atoms with van der Waals surface area (Å²) in [7, 11) is 0. The second-order valence-electron chi connectivity index (χ2n) is 3.56. The Kier molecular flexibility index (Phi) is 3.17. The summed E-state index contributed by atoms with van der Waals surface area (Å²) in [5, 5.41) is 0. The minimum absolute atomic E-state index is 0.551. The van der Waals surface area contributed by atoms with Crippen molar-refractivity contribution in [2.24, 2.45) is 5.73 Å². The molecule has 0 amide bonds. The van der Waals surface area contributed by atoms with Gasteiger partial charge in [0.15, 0.2) is 0 Å². The normalized spacial score (nSPS) is 10.1. The third-order valence-corrected chi connectivity index (χ3v) is 2.39. The fourth-order valence-electron chi connectivity index (χ4n) is 1.49. The smallest absolute Gasteiger partial charge is 0.219 e. The number of ether oxygens (including phenoxy) is 1. The van der Waals surface area contributed by atoms with Crippen molar-refractivity contribution in [2.75, 3.05) is 0 Å². The van der Waals surface area contributed by atoms with Crippen LogP contribution in [0.25, 0.3) is 0 Å². The van der Waals surface area contributed by atoms with Crippen molar-refractivity contribution in [1.29, 1.82) is 0 Å². The summed E-state index contributed by atoms with van der Waals surface area (Å²) < 4.78 is 5.61. The molecule has 1 aromatic heterocycles. The highest BCUT2D eigenvalue weighted by atomic mass is 16.5. The Morgan fingerprint density at radius 3 is 2.75 bits per heavy atom. The van der Waals surface area contributed by atoms with Crippen LogP contribution < -0.4 is 10.5 Å². The Morgan fingerprint density at radius 1 is 1.25 bits per heavy atom. The van der Waals surface area contributed by atoms with E-state index in [1.54, 1.807) is 6.20 Å². The van der Waals surface area contributed by atoms with Crippen LogP contribution in [0, 0.1) is 6.92 Å². The molecular formula is C13H14N2O. The Labute approximate surface area is 94.9 Å². The molecule has 2 N–H and O–H groups in total. The molecule has 0 bridgehead atoms. The van der Waals surface area contributed by atoms with Gasteiger partial charge in [0.2, 0.25) is 5.88 Å². The van der Waals surface area contributed by atoms with Gasteiger partial charge < -0.3 is 10.5 Å². The maximum absolute atomic E-state index is 5.61. The van der Waals surface area contributed by atoms with Crippen LogP contribution in [0.1, 0.15) is 11.1 Å². The number of rotatable bonds is 3. The summed E-state index contributed by atoms with van der Waals surface area (Å²) in [6.45, 7) is 2.57. The van der Waals surface area contributed by atoms with Crippen LogP contribution in [0.15, 0.2) is 42.6 Å². The zero-order chi connectivity index (χ0) is 11.4. The van der Waals surface area contributed by atoms with E-state index in [4.69, 9.17) is 10.5 Å². The predicted molar refractivity (Wildman–Crippen MR) is 63.4 cm³/mol. The van der Waals surface area contributed by atoms with E-state index in [2.05, 4.69) is 4.98 Å². The molecule has 3 nitrogen and oxygen atoms in total. The highest BCUT2D eigenvalue weighted by molar-refractivity contribution is 5.36. The number of benzene rings is 1. The van der Waals surface area contributed by atoms with Crippen molar-refractivity contribution in [2.45, 2.75) is 13.5 Å². The summed E-state index contributed by atoms with van der Waals surface area (Å²) in [4.78, 5) is 4.10. The molecule has 0 aliphatic heterocycles. The highest BCUT2D eigenvalue weighted by Gasteiger charge is 2.01. The number of aromatic nitrogens is 1. The molecule has 16 heavy (non-hydrogen) atoms. The first-order valence-corrected chi connectivity index (χ1v) is 5.18. The molecule has 2 aromatic rings. The first-order chi connectivity index (χ1) is 7.79. The SMILES string of the molecule is Cc1cc(Oc2ccccn2)ccc1CN. The molecule has 1 heterocycles. The molecule has 0 fully saturated rings. The predicted octanol–water partition coefficient (Wildman–Crippen LogP) is 2.64. The second kappa shape index (κ2) is 4.77. The molecule has 0 unspecified atom stereocenters. The zero-order valence-electron chi connectivity index (χ0n) is 9.18. The Hall–Kier alpha value is -1.87. The lowest BCUT2D eigenvalue weighted by Crippen LogP contribution is -1.99. The summed E-state index contributed by atoms with van der Waals surface area (Å²) >= 11 is 0. The van der Waals surface area contributed by atoms with E-state index in [9.17, 15) is 0 Å². The molecular weight excluding hydrogens is 200 g/mol. The van der Waals surface area contributed by atoms with Gasteiger partial charge in [-0.2, -0.15) is 0 Å². The summed E-state index contributed by atoms with van der Waals surface area (Å²) in [6, 6.07) is 11.4. The number of hydrogen-bond acceptors (Lipinski definition) is 3. The van der Waals surface area contributed by atoms with Crippen molar-refractivity contribution >= 4 is 0 Å². The van der Waals surface area contributed by atoms with Crippen LogP contribution in [0.4, 0.5) is 0 Å². The first-order valence-electron chi connectivity index (χ1n) is 5.18. The number of aryl methyl sites for hydroxylation is 1. The van der Waals surface area contributed by atoms with Crippen LogP contribution >= 0.6 is 0 Å². The first kappa shape index (κ1) is 10.6. The third-order valence-electron chi connectivity index (χ3n) is 2.39. The van der Waals surface area contributed by atoms with Gasteiger partial charge in [-0.25, -0.2) is 4.98 Å². The lowest BCUT2D eigenvalue weighted by Gasteiger charge is -2.07. The van der Waals surface area contributed by atoms with E-state index in [1.807, 2.05) is 43.3 Å². The van der Waals surface area contributed by atoms with E-state index in [1.165, 1.54) is 0 Å². The molecule has 0 saturated carbocycles. The van der Waals surface area contributed by atoms with Crippen LogP contribution in [0.5, 0.6) is 11.6 Å². The fraction of sp³-hybridized carbons (Fsp3) is 0.154. The third kappa shape index (κ3) is 2.38. The van der Waals surface area contributed by atoms with Gasteiger partial charge in [0.05, 0.1) is 0 Å². The Bertz CT molecular complexity index is 469. The molecule has 3 heteroatoms.